The number of carbonyl (C=O) groups is 1. The van der Waals surface area contributed by atoms with Crippen molar-refractivity contribution in [2.24, 2.45) is 5.41 Å². The lowest BCUT2D eigenvalue weighted by Crippen LogP contribution is -2.35. The van der Waals surface area contributed by atoms with Gasteiger partial charge in [-0.15, -0.1) is 0 Å². The summed E-state index contributed by atoms with van der Waals surface area (Å²) >= 11 is 0. The second-order valence-corrected chi connectivity index (χ2v) is 13.6. The molecule has 7 nitrogen and oxygen atoms in total. The van der Waals surface area contributed by atoms with Gasteiger partial charge in [-0.3, -0.25) is 9.62 Å². The molecule has 1 saturated heterocycles. The third kappa shape index (κ3) is 7.33. The van der Waals surface area contributed by atoms with Crippen molar-refractivity contribution >= 4 is 27.4 Å². The van der Waals surface area contributed by atoms with E-state index in [1.165, 1.54) is 24.8 Å². The number of amides is 1. The normalized spacial score (nSPS) is 21.0. The fraction of sp³-hybridized carbons (Fsp3) is 0.483. The van der Waals surface area contributed by atoms with Crippen LogP contribution < -0.4 is 9.46 Å². The molecule has 0 radical (unpaired) electrons. The van der Waals surface area contributed by atoms with Gasteiger partial charge < -0.3 is 9.47 Å². The van der Waals surface area contributed by atoms with Gasteiger partial charge in [-0.25, -0.2) is 4.79 Å². The molecule has 0 unspecified atom stereocenters. The highest BCUT2D eigenvalue weighted by Gasteiger charge is 2.47. The zero-order valence-corrected chi connectivity index (χ0v) is 25.6. The van der Waals surface area contributed by atoms with Crippen LogP contribution in [0.4, 0.5) is 50.0 Å². The molecule has 2 aromatic rings. The number of anilines is 1. The van der Waals surface area contributed by atoms with E-state index in [4.69, 9.17) is 9.47 Å². The summed E-state index contributed by atoms with van der Waals surface area (Å²) < 4.78 is 156. The van der Waals surface area contributed by atoms with Gasteiger partial charge in [0.25, 0.3) is 0 Å². The number of nitrogens with one attached hydrogen (secondary N) is 1. The van der Waals surface area contributed by atoms with Crippen molar-refractivity contribution in [3.8, 4) is 5.75 Å². The van der Waals surface area contributed by atoms with E-state index in [0.717, 1.165) is 17.0 Å². The molecule has 1 heterocycles. The highest BCUT2D eigenvalue weighted by molar-refractivity contribution is 7.93. The molecule has 17 heteroatoms. The van der Waals surface area contributed by atoms with Crippen LogP contribution in [0.5, 0.6) is 5.75 Å². The smallest absolute Gasteiger partial charge is 0.496 e. The lowest BCUT2D eigenvalue weighted by atomic mass is 9.72. The number of rotatable bonds is 7. The van der Waals surface area contributed by atoms with Crippen LogP contribution in [-0.2, 0) is 27.1 Å². The van der Waals surface area contributed by atoms with E-state index in [0.29, 0.717) is 42.5 Å². The Morgan fingerprint density at radius 2 is 1.57 bits per heavy atom. The molecule has 46 heavy (non-hydrogen) atoms. The van der Waals surface area contributed by atoms with E-state index in [1.54, 1.807) is 0 Å². The van der Waals surface area contributed by atoms with E-state index < -0.39 is 68.5 Å². The molecular formula is C29H29F9N2O5S. The number of nitrogens with zero attached hydrogens (tertiary/aromatic N) is 1. The van der Waals surface area contributed by atoms with Crippen LogP contribution in [0.3, 0.4) is 0 Å². The van der Waals surface area contributed by atoms with E-state index in [2.05, 4.69) is 0 Å². The molecule has 1 N–H and O–H groups in total. The van der Waals surface area contributed by atoms with Crippen molar-refractivity contribution in [2.45, 2.75) is 70.0 Å². The lowest BCUT2D eigenvalue weighted by molar-refractivity contribution is -0.143. The van der Waals surface area contributed by atoms with Crippen LogP contribution in [-0.4, -0.2) is 44.6 Å². The van der Waals surface area contributed by atoms with Crippen LogP contribution >= 0.6 is 0 Å². The largest absolute Gasteiger partial charge is 0.516 e. The summed E-state index contributed by atoms with van der Waals surface area (Å²) in [5.74, 6) is 0.181. The minimum absolute atomic E-state index is 0.0276. The lowest BCUT2D eigenvalue weighted by Gasteiger charge is -2.36. The van der Waals surface area contributed by atoms with Gasteiger partial charge in [0.05, 0.1) is 24.3 Å². The molecule has 0 saturated carbocycles. The van der Waals surface area contributed by atoms with E-state index in [-0.39, 0.29) is 29.3 Å². The molecule has 254 valence electrons. The summed E-state index contributed by atoms with van der Waals surface area (Å²) in [6.07, 6.45) is -11.5. The number of methoxy groups -OCH3 is 1. The first kappa shape index (κ1) is 35.2. The van der Waals surface area contributed by atoms with Crippen molar-refractivity contribution in [1.82, 2.24) is 4.90 Å². The van der Waals surface area contributed by atoms with E-state index in [1.807, 2.05) is 13.8 Å². The predicted octanol–water partition coefficient (Wildman–Crippen LogP) is 8.54. The Bertz CT molecular complexity index is 1620. The molecule has 2 aromatic carbocycles. The first-order valence-electron chi connectivity index (χ1n) is 13.7. The predicted molar refractivity (Wildman–Crippen MR) is 148 cm³/mol. The maximum Gasteiger partial charge on any atom is 0.516 e. The molecule has 1 fully saturated rings. The summed E-state index contributed by atoms with van der Waals surface area (Å²) in [4.78, 5) is 14.2. The number of hydrogen-bond donors (Lipinski definition) is 1. The van der Waals surface area contributed by atoms with Gasteiger partial charge in [0, 0.05) is 17.8 Å². The molecule has 2 aliphatic rings. The maximum absolute atomic E-state index is 13.5. The molecule has 0 spiro atoms. The monoisotopic (exact) mass is 688 g/mol. The average molecular weight is 689 g/mol. The average Bonchev–Trinajstić information content (AvgIpc) is 3.19. The highest BCUT2D eigenvalue weighted by atomic mass is 32.2. The van der Waals surface area contributed by atoms with Gasteiger partial charge in [0.1, 0.15) is 11.9 Å². The number of benzene rings is 2. The summed E-state index contributed by atoms with van der Waals surface area (Å²) in [7, 11) is -4.47. The molecule has 0 aromatic heterocycles. The van der Waals surface area contributed by atoms with E-state index in [9.17, 15) is 52.7 Å². The summed E-state index contributed by atoms with van der Waals surface area (Å²) in [6.45, 7) is 5.06. The third-order valence-electron chi connectivity index (χ3n) is 7.94. The van der Waals surface area contributed by atoms with Gasteiger partial charge in [-0.2, -0.15) is 47.9 Å². The van der Waals surface area contributed by atoms with Gasteiger partial charge in [0.15, 0.2) is 0 Å². The zero-order valence-electron chi connectivity index (χ0n) is 24.7. The third-order valence-corrected chi connectivity index (χ3v) is 9.06. The Morgan fingerprint density at radius 1 is 0.978 bits per heavy atom. The van der Waals surface area contributed by atoms with Crippen LogP contribution in [0.15, 0.2) is 42.0 Å². The zero-order chi connectivity index (χ0) is 34.6. The summed E-state index contributed by atoms with van der Waals surface area (Å²) in [5.41, 5.74) is -8.66. The fourth-order valence-electron chi connectivity index (χ4n) is 5.62. The molecule has 2 atom stereocenters. The Hall–Kier alpha value is -3.63. The number of carbonyl (C=O) groups excluding carboxylic acids is 1. The number of hydrogen-bond acceptors (Lipinski definition) is 5. The number of ether oxygens (including phenoxy) is 2. The second-order valence-electron chi connectivity index (χ2n) is 11.9. The van der Waals surface area contributed by atoms with Crippen LogP contribution in [0.2, 0.25) is 0 Å². The van der Waals surface area contributed by atoms with Crippen molar-refractivity contribution in [3.63, 3.8) is 0 Å². The van der Waals surface area contributed by atoms with Crippen LogP contribution in [0.1, 0.15) is 68.4 Å². The summed E-state index contributed by atoms with van der Waals surface area (Å²) in [6, 6.07) is 3.43. The van der Waals surface area contributed by atoms with Gasteiger partial charge in [-0.1, -0.05) is 13.8 Å². The molecule has 4 rings (SSSR count). The number of halogens is 9. The quantitative estimate of drug-likeness (QED) is 0.295. The van der Waals surface area contributed by atoms with Gasteiger partial charge in [0.2, 0.25) is 0 Å². The molecular weight excluding hydrogens is 659 g/mol. The van der Waals surface area contributed by atoms with Gasteiger partial charge >= 0.3 is 34.0 Å². The Labute approximate surface area is 258 Å². The molecule has 0 bridgehead atoms. The molecule has 1 aliphatic carbocycles. The number of allylic oxidation sites excluding steroid dienone is 1. The van der Waals surface area contributed by atoms with Crippen molar-refractivity contribution < 1.29 is 62.2 Å². The number of alkyl halides is 9. The first-order valence-corrected chi connectivity index (χ1v) is 15.2. The fourth-order valence-corrected chi connectivity index (χ4v) is 6.17. The minimum Gasteiger partial charge on any atom is -0.496 e. The van der Waals surface area contributed by atoms with Crippen molar-refractivity contribution in [2.75, 3.05) is 18.4 Å². The number of sulfonamides is 1. The Morgan fingerprint density at radius 3 is 2.09 bits per heavy atom. The summed E-state index contributed by atoms with van der Waals surface area (Å²) in [5, 5.41) is 0. The SMILES string of the molecule is COc1ccc(NS(=O)(=O)C(F)(F)F)cc1C1=C(CN2C(=O)O[C@H](c3cc(C(F)(F)F)cc(C(F)(F)F)c3)[C@@H]2C)CC(C)(C)CC1. The Kier molecular flexibility index (Phi) is 9.09. The topological polar surface area (TPSA) is 84.9 Å². The van der Waals surface area contributed by atoms with Crippen LogP contribution in [0, 0.1) is 5.41 Å². The van der Waals surface area contributed by atoms with Gasteiger partial charge in [-0.05, 0) is 84.7 Å². The minimum atomic E-state index is -5.76. The van der Waals surface area contributed by atoms with E-state index >= 15 is 0 Å². The van der Waals surface area contributed by atoms with Crippen molar-refractivity contribution in [1.29, 1.82) is 0 Å². The second kappa shape index (κ2) is 11.9. The number of cyclic esters (lactones) is 1. The molecule has 1 amide bonds. The van der Waals surface area contributed by atoms with Crippen molar-refractivity contribution in [3.05, 3.63) is 64.2 Å². The first-order chi connectivity index (χ1) is 20.9. The highest BCUT2D eigenvalue weighted by Crippen LogP contribution is 2.47. The Balaban J connectivity index is 1.75. The maximum atomic E-state index is 13.5. The van der Waals surface area contributed by atoms with Crippen LogP contribution in [0.25, 0.3) is 5.57 Å². The standard InChI is InChI=1S/C29H29F9N2O5S/c1-15-24(16-9-18(27(30,31)32)11-19(10-16)28(33,34)35)45-25(41)40(15)14-17-13-26(2,3)8-7-21(17)22-12-20(5-6-23(22)44-4)39-46(42,43)29(36,37)38/h5-6,9-12,15,24,39H,7-8,13-14H2,1-4H3/t15-,24-/m0/s1. The molecule has 1 aliphatic heterocycles.